The van der Waals surface area contributed by atoms with Gasteiger partial charge in [-0.1, -0.05) is 43.3 Å². The quantitative estimate of drug-likeness (QED) is 0.178. The monoisotopic (exact) mass is 550 g/mol. The number of hydrogen-bond donors (Lipinski definition) is 4. The molecule has 41 heavy (non-hydrogen) atoms. The molecule has 2 aromatic carbocycles. The van der Waals surface area contributed by atoms with Gasteiger partial charge in [-0.25, -0.2) is 9.37 Å². The summed E-state index contributed by atoms with van der Waals surface area (Å²) in [6, 6.07) is 18.6. The van der Waals surface area contributed by atoms with E-state index < -0.39 is 17.2 Å². The Bertz CT molecular complexity index is 1650. The van der Waals surface area contributed by atoms with Crippen molar-refractivity contribution in [2.45, 2.75) is 43.7 Å². The van der Waals surface area contributed by atoms with Gasteiger partial charge in [0.2, 0.25) is 5.95 Å². The fourth-order valence-electron chi connectivity index (χ4n) is 5.24. The molecule has 6 rings (SSSR count). The van der Waals surface area contributed by atoms with E-state index in [1.54, 1.807) is 12.1 Å². The molecule has 0 spiro atoms. The third-order valence-corrected chi connectivity index (χ3v) is 7.74. The molecule has 3 heterocycles. The van der Waals surface area contributed by atoms with Crippen molar-refractivity contribution in [3.05, 3.63) is 107 Å². The number of anilines is 2. The lowest BCUT2D eigenvalue weighted by Gasteiger charge is -2.33. The first kappa shape index (κ1) is 26.5. The Labute approximate surface area is 237 Å². The van der Waals surface area contributed by atoms with Gasteiger partial charge in [0.15, 0.2) is 5.82 Å². The van der Waals surface area contributed by atoms with Crippen molar-refractivity contribution in [1.29, 1.82) is 5.26 Å². The van der Waals surface area contributed by atoms with E-state index in [1.165, 1.54) is 24.5 Å². The Morgan fingerprint density at radius 1 is 1.15 bits per heavy atom. The van der Waals surface area contributed by atoms with Crippen molar-refractivity contribution in [2.24, 2.45) is 0 Å². The molecule has 1 fully saturated rings. The van der Waals surface area contributed by atoms with Gasteiger partial charge in [-0.2, -0.15) is 9.65 Å². The predicted molar refractivity (Wildman–Crippen MR) is 157 cm³/mol. The van der Waals surface area contributed by atoms with Gasteiger partial charge >= 0.3 is 0 Å². The van der Waals surface area contributed by atoms with Crippen LogP contribution in [0.5, 0.6) is 0 Å². The van der Waals surface area contributed by atoms with Crippen molar-refractivity contribution < 1.29 is 8.78 Å². The highest BCUT2D eigenvalue weighted by molar-refractivity contribution is 6.19. The minimum absolute atomic E-state index is 0.101. The molecule has 4 N–H and O–H groups in total. The van der Waals surface area contributed by atoms with E-state index in [4.69, 9.17) is 0 Å². The lowest BCUT2D eigenvalue weighted by molar-refractivity contribution is 0.260. The maximum Gasteiger partial charge on any atom is 0.212 e. The molecule has 0 saturated heterocycles. The molecule has 1 saturated carbocycles. The molecule has 206 valence electrons. The lowest BCUT2D eigenvalue weighted by atomic mass is 9.70. The standard InChI is InChI=1S/C30H29BF2N8/c1-2-25(18-6-4-3-5-7-18)37-28-19(14-34)15-36-29-23(28)12-21(13-24(29)32)38-30(31,20-8-11-27(33)35-16-20)26-17-41(40-39-26)22-9-10-22/h3-8,11-13,15-17,22,25,38-40H,2,9-10,31H2,1H3,(H,36,37)/t25-,30?/m1/s1. The molecule has 2 aromatic heterocycles. The van der Waals surface area contributed by atoms with E-state index in [0.29, 0.717) is 33.9 Å². The van der Waals surface area contributed by atoms with Gasteiger partial charge in [0.1, 0.15) is 19.4 Å². The molecule has 2 aliphatic rings. The molecule has 0 radical (unpaired) electrons. The fraction of sp³-hybridized carbons (Fsp3) is 0.233. The Balaban J connectivity index is 1.44. The third kappa shape index (κ3) is 5.14. The second kappa shape index (κ2) is 10.7. The summed E-state index contributed by atoms with van der Waals surface area (Å²) in [6.07, 6.45) is 7.76. The molecular weight excluding hydrogens is 521 g/mol. The summed E-state index contributed by atoms with van der Waals surface area (Å²) in [5.74, 6) is -1.12. The average Bonchev–Trinajstić information content (AvgIpc) is 3.72. The summed E-state index contributed by atoms with van der Waals surface area (Å²) in [7, 11) is 1.92. The first-order valence-corrected chi connectivity index (χ1v) is 13.7. The van der Waals surface area contributed by atoms with Gasteiger partial charge < -0.3 is 16.1 Å². The molecule has 1 aliphatic heterocycles. The number of fused-ring (bicyclic) bond motifs is 1. The van der Waals surface area contributed by atoms with Crippen LogP contribution in [0.1, 0.15) is 48.9 Å². The molecule has 2 atom stereocenters. The highest BCUT2D eigenvalue weighted by Gasteiger charge is 2.38. The summed E-state index contributed by atoms with van der Waals surface area (Å²) < 4.78 is 29.4. The number of nitrogens with one attached hydrogen (secondary N) is 4. The second-order valence-electron chi connectivity index (χ2n) is 10.6. The zero-order valence-corrected chi connectivity index (χ0v) is 22.7. The van der Waals surface area contributed by atoms with Crippen LogP contribution in [0.25, 0.3) is 10.9 Å². The van der Waals surface area contributed by atoms with E-state index >= 15 is 4.39 Å². The highest BCUT2D eigenvalue weighted by atomic mass is 19.1. The minimum atomic E-state index is -0.943. The van der Waals surface area contributed by atoms with E-state index in [1.807, 2.05) is 49.4 Å². The van der Waals surface area contributed by atoms with Crippen LogP contribution in [-0.4, -0.2) is 28.9 Å². The zero-order valence-electron chi connectivity index (χ0n) is 22.7. The minimum Gasteiger partial charge on any atom is -0.378 e. The Hall–Kier alpha value is -4.69. The number of nitrogens with zero attached hydrogens (tertiary/aromatic N) is 4. The SMILES string of the molecule is BC(Nc1cc(F)c2ncc(C#N)c(N[C@H](CC)c3ccccc3)c2c1)(C1=CN(C2CC2)NN1)c1ccc(F)nc1. The van der Waals surface area contributed by atoms with Crippen LogP contribution >= 0.6 is 0 Å². The molecular formula is C30H29BF2N8. The molecule has 4 aromatic rings. The highest BCUT2D eigenvalue weighted by Crippen LogP contribution is 2.37. The molecule has 0 bridgehead atoms. The van der Waals surface area contributed by atoms with Gasteiger partial charge in [0, 0.05) is 35.7 Å². The number of hydrogen-bond acceptors (Lipinski definition) is 8. The maximum atomic E-state index is 15.7. The first-order valence-electron chi connectivity index (χ1n) is 13.7. The number of nitriles is 1. The number of hydrazine groups is 2. The van der Waals surface area contributed by atoms with Crippen molar-refractivity contribution in [1.82, 2.24) is 25.9 Å². The second-order valence-corrected chi connectivity index (χ2v) is 10.6. The number of benzene rings is 2. The van der Waals surface area contributed by atoms with Crippen molar-refractivity contribution in [3.8, 4) is 6.07 Å². The Morgan fingerprint density at radius 2 is 1.95 bits per heavy atom. The number of halogens is 2. The van der Waals surface area contributed by atoms with Crippen LogP contribution in [0.3, 0.4) is 0 Å². The lowest BCUT2D eigenvalue weighted by Crippen LogP contribution is -2.45. The Morgan fingerprint density at radius 3 is 2.63 bits per heavy atom. The molecule has 0 amide bonds. The summed E-state index contributed by atoms with van der Waals surface area (Å²) in [5, 5.41) is 19.4. The average molecular weight is 550 g/mol. The predicted octanol–water partition coefficient (Wildman–Crippen LogP) is 4.57. The van der Waals surface area contributed by atoms with Crippen molar-refractivity contribution in [3.63, 3.8) is 0 Å². The largest absolute Gasteiger partial charge is 0.378 e. The fourth-order valence-corrected chi connectivity index (χ4v) is 5.24. The molecule has 1 aliphatic carbocycles. The van der Waals surface area contributed by atoms with E-state index in [9.17, 15) is 9.65 Å². The van der Waals surface area contributed by atoms with E-state index in [0.717, 1.165) is 30.5 Å². The Kier molecular flexibility index (Phi) is 6.93. The summed E-state index contributed by atoms with van der Waals surface area (Å²) >= 11 is 0. The van der Waals surface area contributed by atoms with Gasteiger partial charge in [-0.05, 0) is 48.6 Å². The van der Waals surface area contributed by atoms with Crippen LogP contribution in [0.4, 0.5) is 20.2 Å². The van der Waals surface area contributed by atoms with Gasteiger partial charge in [0.05, 0.1) is 28.4 Å². The number of pyridine rings is 2. The molecule has 8 nitrogen and oxygen atoms in total. The normalized spacial score (nSPS) is 16.8. The first-order chi connectivity index (χ1) is 19.9. The van der Waals surface area contributed by atoms with Crippen LogP contribution < -0.4 is 21.6 Å². The van der Waals surface area contributed by atoms with Gasteiger partial charge in [-0.15, -0.1) is 5.53 Å². The van der Waals surface area contributed by atoms with E-state index in [-0.39, 0.29) is 11.6 Å². The van der Waals surface area contributed by atoms with Crippen LogP contribution in [0, 0.1) is 23.1 Å². The summed E-state index contributed by atoms with van der Waals surface area (Å²) in [4.78, 5) is 8.15. The van der Waals surface area contributed by atoms with Gasteiger partial charge in [0.25, 0.3) is 0 Å². The van der Waals surface area contributed by atoms with Crippen LogP contribution in [0.2, 0.25) is 0 Å². The molecule has 11 heteroatoms. The summed E-state index contributed by atoms with van der Waals surface area (Å²) in [5.41, 5.74) is 9.40. The van der Waals surface area contributed by atoms with Crippen molar-refractivity contribution >= 4 is 30.1 Å². The number of rotatable bonds is 9. The summed E-state index contributed by atoms with van der Waals surface area (Å²) in [6.45, 7) is 2.05. The van der Waals surface area contributed by atoms with Gasteiger partial charge in [-0.3, -0.25) is 9.99 Å². The van der Waals surface area contributed by atoms with Crippen LogP contribution in [0.15, 0.2) is 78.9 Å². The topological polar surface area (TPSA) is 101 Å². The smallest absolute Gasteiger partial charge is 0.212 e. The van der Waals surface area contributed by atoms with E-state index in [2.05, 4.69) is 44.6 Å². The van der Waals surface area contributed by atoms with Crippen molar-refractivity contribution in [2.75, 3.05) is 10.6 Å². The zero-order chi connectivity index (χ0) is 28.6. The maximum absolute atomic E-state index is 15.7. The molecule has 1 unspecified atom stereocenters. The third-order valence-electron chi connectivity index (χ3n) is 7.74. The number of aromatic nitrogens is 2. The van der Waals surface area contributed by atoms with Crippen LogP contribution in [-0.2, 0) is 5.44 Å².